The summed E-state index contributed by atoms with van der Waals surface area (Å²) in [4.78, 5) is 17.0. The zero-order valence-electron chi connectivity index (χ0n) is 13.2. The van der Waals surface area contributed by atoms with Gasteiger partial charge in [0.2, 0.25) is 0 Å². The molecule has 0 saturated carbocycles. The lowest BCUT2D eigenvalue weighted by Gasteiger charge is -2.14. The molecular formula is C15H21F3N2O. The largest absolute Gasteiger partial charge is 0.416 e. The Kier molecular flexibility index (Phi) is 7.12. The van der Waals surface area contributed by atoms with Gasteiger partial charge >= 0.3 is 6.18 Å². The Morgan fingerprint density at radius 2 is 1.71 bits per heavy atom. The smallest absolute Gasteiger partial charge is 0.369 e. The molecule has 0 radical (unpaired) electrons. The lowest BCUT2D eigenvalue weighted by Crippen LogP contribution is -2.13. The maximum atomic E-state index is 12.8. The van der Waals surface area contributed by atoms with Gasteiger partial charge in [-0.2, -0.15) is 18.2 Å². The third kappa shape index (κ3) is 5.57. The summed E-state index contributed by atoms with van der Waals surface area (Å²) in [6.45, 7) is 6.79. The van der Waals surface area contributed by atoms with Crippen LogP contribution in [0.5, 0.6) is 0 Å². The van der Waals surface area contributed by atoms with Gasteiger partial charge in [-0.3, -0.25) is 4.79 Å². The highest BCUT2D eigenvalue weighted by molar-refractivity contribution is 6.00. The van der Waals surface area contributed by atoms with Crippen molar-refractivity contribution in [3.8, 4) is 0 Å². The van der Waals surface area contributed by atoms with Crippen LogP contribution in [0, 0.1) is 13.8 Å². The van der Waals surface area contributed by atoms with Crippen molar-refractivity contribution in [3.05, 3.63) is 34.4 Å². The second-order valence-corrected chi connectivity index (χ2v) is 4.50. The van der Waals surface area contributed by atoms with Gasteiger partial charge in [-0.15, -0.1) is 0 Å². The maximum Gasteiger partial charge on any atom is 0.416 e. The summed E-state index contributed by atoms with van der Waals surface area (Å²) in [7, 11) is 3.34. The quantitative estimate of drug-likeness (QED) is 0.609. The van der Waals surface area contributed by atoms with Crippen molar-refractivity contribution in [3.63, 3.8) is 0 Å². The van der Waals surface area contributed by atoms with Gasteiger partial charge in [-0.25, -0.2) is 0 Å². The van der Waals surface area contributed by atoms with Crippen LogP contribution in [-0.2, 0) is 6.18 Å². The van der Waals surface area contributed by atoms with E-state index < -0.39 is 17.6 Å². The molecular weight excluding hydrogens is 281 g/mol. The molecule has 0 unspecified atom stereocenters. The summed E-state index contributed by atoms with van der Waals surface area (Å²) in [6.07, 6.45) is -3.21. The molecule has 21 heavy (non-hydrogen) atoms. The molecule has 0 aliphatic carbocycles. The van der Waals surface area contributed by atoms with E-state index in [-0.39, 0.29) is 11.1 Å². The zero-order chi connectivity index (χ0) is 16.8. The van der Waals surface area contributed by atoms with E-state index in [0.29, 0.717) is 5.56 Å². The van der Waals surface area contributed by atoms with Crippen LogP contribution in [0.2, 0.25) is 0 Å². The summed E-state index contributed by atoms with van der Waals surface area (Å²) in [5, 5.41) is 0. The van der Waals surface area contributed by atoms with Crippen LogP contribution >= 0.6 is 0 Å². The second kappa shape index (κ2) is 7.81. The van der Waals surface area contributed by atoms with Crippen molar-refractivity contribution in [1.82, 2.24) is 4.90 Å². The fourth-order valence-electron chi connectivity index (χ4n) is 1.61. The molecule has 0 heterocycles. The highest BCUT2D eigenvalue weighted by atomic mass is 19.4. The molecule has 0 saturated heterocycles. The van der Waals surface area contributed by atoms with Gasteiger partial charge < -0.3 is 4.90 Å². The van der Waals surface area contributed by atoms with Crippen LogP contribution in [0.1, 0.15) is 40.9 Å². The van der Waals surface area contributed by atoms with Crippen LogP contribution in [0.3, 0.4) is 0 Å². The van der Waals surface area contributed by atoms with Crippen LogP contribution in [-0.4, -0.2) is 31.2 Å². The van der Waals surface area contributed by atoms with E-state index in [4.69, 9.17) is 0 Å². The number of amides is 1. The molecule has 0 fully saturated rings. The molecule has 1 aromatic carbocycles. The van der Waals surface area contributed by atoms with Gasteiger partial charge in [0.1, 0.15) is 0 Å². The Hall–Kier alpha value is -1.85. The van der Waals surface area contributed by atoms with E-state index in [9.17, 15) is 18.0 Å². The number of aliphatic imine (C=N–C) groups is 1. The number of rotatable bonds is 2. The number of hydrogen-bond donors (Lipinski definition) is 0. The molecule has 0 aromatic heterocycles. The summed E-state index contributed by atoms with van der Waals surface area (Å²) < 4.78 is 38.5. The lowest BCUT2D eigenvalue weighted by atomic mass is 9.98. The topological polar surface area (TPSA) is 32.7 Å². The molecule has 0 N–H and O–H groups in total. The minimum absolute atomic E-state index is 0.0228. The van der Waals surface area contributed by atoms with Crippen molar-refractivity contribution >= 4 is 12.2 Å². The Labute approximate surface area is 123 Å². The molecule has 0 aliphatic heterocycles. The SMILES string of the molecule is CC.Cc1cc(C(=O)N=CN(C)C)c(C)c(C(F)(F)F)c1. The fraction of sp³-hybridized carbons (Fsp3) is 0.467. The van der Waals surface area contributed by atoms with E-state index in [1.165, 1.54) is 31.2 Å². The van der Waals surface area contributed by atoms with Crippen LogP contribution < -0.4 is 0 Å². The predicted octanol–water partition coefficient (Wildman–Crippen LogP) is 4.08. The number of aryl methyl sites for hydroxylation is 1. The Morgan fingerprint density at radius 1 is 1.19 bits per heavy atom. The number of halogens is 3. The van der Waals surface area contributed by atoms with Crippen LogP contribution in [0.15, 0.2) is 17.1 Å². The van der Waals surface area contributed by atoms with Crippen molar-refractivity contribution in [1.29, 1.82) is 0 Å². The average molecular weight is 302 g/mol. The molecule has 1 aromatic rings. The number of nitrogens with zero attached hydrogens (tertiary/aromatic N) is 2. The molecule has 1 rings (SSSR count). The zero-order valence-corrected chi connectivity index (χ0v) is 13.2. The minimum atomic E-state index is -4.48. The molecule has 3 nitrogen and oxygen atoms in total. The Morgan fingerprint density at radius 3 is 2.14 bits per heavy atom. The lowest BCUT2D eigenvalue weighted by molar-refractivity contribution is -0.138. The number of carbonyl (C=O) groups excluding carboxylic acids is 1. The van der Waals surface area contributed by atoms with Gasteiger partial charge in [0.25, 0.3) is 5.91 Å². The molecule has 0 atom stereocenters. The molecule has 6 heteroatoms. The summed E-state index contributed by atoms with van der Waals surface area (Å²) in [6, 6.07) is 2.45. The van der Waals surface area contributed by atoms with Gasteiger partial charge in [0, 0.05) is 19.7 Å². The normalized spacial score (nSPS) is 11.1. The third-order valence-electron chi connectivity index (χ3n) is 2.49. The number of hydrogen-bond acceptors (Lipinski definition) is 1. The maximum absolute atomic E-state index is 12.8. The number of carbonyl (C=O) groups is 1. The molecule has 0 bridgehead atoms. The van der Waals surface area contributed by atoms with E-state index in [2.05, 4.69) is 4.99 Å². The average Bonchev–Trinajstić information content (AvgIpc) is 2.39. The summed E-state index contributed by atoms with van der Waals surface area (Å²) >= 11 is 0. The monoisotopic (exact) mass is 302 g/mol. The summed E-state index contributed by atoms with van der Waals surface area (Å²) in [5.74, 6) is -0.680. The van der Waals surface area contributed by atoms with Gasteiger partial charge in [-0.1, -0.05) is 13.8 Å². The highest BCUT2D eigenvalue weighted by Gasteiger charge is 2.34. The highest BCUT2D eigenvalue weighted by Crippen LogP contribution is 2.34. The first-order chi connectivity index (χ1) is 9.62. The number of benzene rings is 1. The first-order valence-electron chi connectivity index (χ1n) is 6.56. The molecule has 118 valence electrons. The number of alkyl halides is 3. The van der Waals surface area contributed by atoms with Gasteiger partial charge in [0.15, 0.2) is 0 Å². The van der Waals surface area contributed by atoms with Gasteiger partial charge in [-0.05, 0) is 37.1 Å². The van der Waals surface area contributed by atoms with Crippen molar-refractivity contribution in [2.24, 2.45) is 4.99 Å². The summed E-state index contributed by atoms with van der Waals surface area (Å²) in [5.41, 5.74) is -0.540. The van der Waals surface area contributed by atoms with E-state index in [1.54, 1.807) is 14.1 Å². The van der Waals surface area contributed by atoms with E-state index >= 15 is 0 Å². The Balaban J connectivity index is 0.00000191. The van der Waals surface area contributed by atoms with Gasteiger partial charge in [0.05, 0.1) is 11.9 Å². The molecule has 0 spiro atoms. The Bertz CT molecular complexity index is 520. The third-order valence-corrected chi connectivity index (χ3v) is 2.49. The fourth-order valence-corrected chi connectivity index (χ4v) is 1.61. The van der Waals surface area contributed by atoms with Crippen LogP contribution in [0.4, 0.5) is 13.2 Å². The van der Waals surface area contributed by atoms with Crippen molar-refractivity contribution in [2.45, 2.75) is 33.9 Å². The van der Waals surface area contributed by atoms with Crippen molar-refractivity contribution < 1.29 is 18.0 Å². The molecule has 1 amide bonds. The predicted molar refractivity (Wildman–Crippen MR) is 78.8 cm³/mol. The second-order valence-electron chi connectivity index (χ2n) is 4.50. The van der Waals surface area contributed by atoms with E-state index in [1.807, 2.05) is 13.8 Å². The van der Waals surface area contributed by atoms with Crippen LogP contribution in [0.25, 0.3) is 0 Å². The van der Waals surface area contributed by atoms with Crippen molar-refractivity contribution in [2.75, 3.05) is 14.1 Å². The molecule has 0 aliphatic rings. The first kappa shape index (κ1) is 19.1. The standard InChI is InChI=1S/C13H15F3N2O.C2H6/c1-8-5-10(12(19)17-7-18(3)4)9(2)11(6-8)13(14,15)16;1-2/h5-7H,1-4H3;1-2H3. The van der Waals surface area contributed by atoms with E-state index in [0.717, 1.165) is 6.07 Å². The first-order valence-corrected chi connectivity index (χ1v) is 6.56. The minimum Gasteiger partial charge on any atom is -0.369 e.